The van der Waals surface area contributed by atoms with Gasteiger partial charge in [0.05, 0.1) is 19.3 Å². The number of nitrogens with zero attached hydrogens (tertiary/aromatic N) is 2. The van der Waals surface area contributed by atoms with Crippen LogP contribution in [0, 0.1) is 26.9 Å². The minimum Gasteiger partial charge on any atom is -0.466 e. The van der Waals surface area contributed by atoms with E-state index >= 15 is 0 Å². The van der Waals surface area contributed by atoms with Crippen LogP contribution in [0.5, 0.6) is 0 Å². The van der Waals surface area contributed by atoms with Gasteiger partial charge in [-0.1, -0.05) is 26.8 Å². The van der Waals surface area contributed by atoms with E-state index in [0.29, 0.717) is 18.8 Å². The number of esters is 1. The summed E-state index contributed by atoms with van der Waals surface area (Å²) in [6, 6.07) is 0.0636. The molecule has 2 heterocycles. The molecular formula is C20H30N2O6. The normalized spacial score (nSPS) is 46.1. The molecule has 8 heteroatoms. The molecule has 8 nitrogen and oxygen atoms in total. The summed E-state index contributed by atoms with van der Waals surface area (Å²) < 4.78 is 11.0. The fourth-order valence-corrected chi connectivity index (χ4v) is 6.13. The average molecular weight is 394 g/mol. The van der Waals surface area contributed by atoms with Gasteiger partial charge >= 0.3 is 5.97 Å². The maximum Gasteiger partial charge on any atom is 0.330 e. The summed E-state index contributed by atoms with van der Waals surface area (Å²) in [5.41, 5.74) is -1.22. The van der Waals surface area contributed by atoms with Crippen LogP contribution in [0.2, 0.25) is 0 Å². The Hall–Kier alpha value is -1.51. The highest BCUT2D eigenvalue weighted by molar-refractivity contribution is 5.81. The SMILES string of the molecule is COC(=O)/C=C/CCC1ON2C3C4CCC(C)([C@@H]3OC2C1(C)[N+](=O)[O-])C4(C)C. The number of carbonyl (C=O) groups excluding carboxylic acids is 1. The molecule has 4 rings (SSSR count). The minimum absolute atomic E-state index is 0.00624. The zero-order chi connectivity index (χ0) is 20.5. The van der Waals surface area contributed by atoms with Gasteiger partial charge in [-0.25, -0.2) is 4.79 Å². The Labute approximate surface area is 165 Å². The largest absolute Gasteiger partial charge is 0.466 e. The fourth-order valence-electron chi connectivity index (χ4n) is 6.13. The van der Waals surface area contributed by atoms with Crippen molar-refractivity contribution in [2.24, 2.45) is 16.7 Å². The Morgan fingerprint density at radius 2 is 2.07 bits per heavy atom. The van der Waals surface area contributed by atoms with E-state index in [-0.39, 0.29) is 27.9 Å². The number of fused-ring (bicyclic) bond motifs is 7. The van der Waals surface area contributed by atoms with Crippen molar-refractivity contribution in [2.45, 2.75) is 83.4 Å². The molecule has 4 fully saturated rings. The van der Waals surface area contributed by atoms with E-state index in [2.05, 4.69) is 25.5 Å². The summed E-state index contributed by atoms with van der Waals surface area (Å²) in [6.07, 6.45) is 4.80. The van der Waals surface area contributed by atoms with Gasteiger partial charge in [0.15, 0.2) is 6.10 Å². The van der Waals surface area contributed by atoms with Crippen LogP contribution in [0.4, 0.5) is 0 Å². The third kappa shape index (κ3) is 2.31. The molecule has 28 heavy (non-hydrogen) atoms. The Morgan fingerprint density at radius 3 is 2.71 bits per heavy atom. The van der Waals surface area contributed by atoms with Gasteiger partial charge in [0.1, 0.15) is 0 Å². The summed E-state index contributed by atoms with van der Waals surface area (Å²) in [6.45, 7) is 8.47. The highest BCUT2D eigenvalue weighted by Gasteiger charge is 2.78. The second-order valence-electron chi connectivity index (χ2n) is 9.62. The first-order valence-corrected chi connectivity index (χ1v) is 10.1. The van der Waals surface area contributed by atoms with Gasteiger partial charge in [0.2, 0.25) is 6.23 Å². The summed E-state index contributed by atoms with van der Waals surface area (Å²) in [4.78, 5) is 29.3. The standard InChI is InChI=1S/C20H30N2O6/c1-18(2)12-10-11-19(18,3)16-15(12)21-17(27-16)20(4,22(24)25)13(28-21)8-6-7-9-14(23)26-5/h7,9,12-13,15-17H,6,8,10-11H2,1-5H3/b9-7+/t12?,13?,15?,16-,17?,19?,20?/m1/s1. The number of nitro groups is 1. The maximum atomic E-state index is 12.1. The van der Waals surface area contributed by atoms with Crippen LogP contribution >= 0.6 is 0 Å². The minimum atomic E-state index is -1.34. The monoisotopic (exact) mass is 394 g/mol. The smallest absolute Gasteiger partial charge is 0.330 e. The highest BCUT2D eigenvalue weighted by atomic mass is 16.8. The maximum absolute atomic E-state index is 12.1. The van der Waals surface area contributed by atoms with E-state index in [9.17, 15) is 14.9 Å². The van der Waals surface area contributed by atoms with Crippen LogP contribution in [0.15, 0.2) is 12.2 Å². The molecule has 0 aromatic carbocycles. The van der Waals surface area contributed by atoms with Gasteiger partial charge < -0.3 is 9.47 Å². The van der Waals surface area contributed by atoms with E-state index in [1.54, 1.807) is 13.0 Å². The molecule has 2 bridgehead atoms. The van der Waals surface area contributed by atoms with Crippen molar-refractivity contribution in [1.82, 2.24) is 5.06 Å². The number of hydrogen-bond donors (Lipinski definition) is 0. The molecule has 2 saturated carbocycles. The summed E-state index contributed by atoms with van der Waals surface area (Å²) in [7, 11) is 1.32. The quantitative estimate of drug-likeness (QED) is 0.306. The second-order valence-corrected chi connectivity index (χ2v) is 9.62. The Balaban J connectivity index is 1.56. The molecule has 7 atom stereocenters. The van der Waals surface area contributed by atoms with Crippen molar-refractivity contribution < 1.29 is 24.0 Å². The predicted molar refractivity (Wildman–Crippen MR) is 99.6 cm³/mol. The number of carbonyl (C=O) groups is 1. The molecule has 0 N–H and O–H groups in total. The van der Waals surface area contributed by atoms with Gasteiger partial charge in [-0.15, -0.1) is 5.06 Å². The average Bonchev–Trinajstić information content (AvgIpc) is 3.26. The van der Waals surface area contributed by atoms with Crippen LogP contribution in [0.25, 0.3) is 0 Å². The lowest BCUT2D eigenvalue weighted by molar-refractivity contribution is -0.582. The van der Waals surface area contributed by atoms with E-state index in [1.807, 2.05) is 5.06 Å². The molecule has 0 amide bonds. The van der Waals surface area contributed by atoms with Gasteiger partial charge in [0.25, 0.3) is 5.54 Å². The van der Waals surface area contributed by atoms with Gasteiger partial charge in [-0.3, -0.25) is 15.0 Å². The molecule has 2 aliphatic heterocycles. The number of ether oxygens (including phenoxy) is 2. The molecule has 156 valence electrons. The number of methoxy groups -OCH3 is 1. The van der Waals surface area contributed by atoms with E-state index in [0.717, 1.165) is 12.8 Å². The number of allylic oxidation sites excluding steroid dienone is 1. The van der Waals surface area contributed by atoms with Gasteiger partial charge in [0, 0.05) is 23.3 Å². The van der Waals surface area contributed by atoms with Crippen LogP contribution in [-0.2, 0) is 19.1 Å². The van der Waals surface area contributed by atoms with E-state index in [4.69, 9.17) is 9.57 Å². The lowest BCUT2D eigenvalue weighted by Gasteiger charge is -2.38. The van der Waals surface area contributed by atoms with Crippen molar-refractivity contribution in [3.05, 3.63) is 22.3 Å². The zero-order valence-electron chi connectivity index (χ0n) is 17.2. The summed E-state index contributed by atoms with van der Waals surface area (Å²) in [5.74, 6) is -0.0323. The first-order valence-electron chi connectivity index (χ1n) is 10.1. The molecule has 0 spiro atoms. The molecule has 0 radical (unpaired) electrons. The van der Waals surface area contributed by atoms with Crippen LogP contribution in [-0.4, -0.2) is 53.1 Å². The summed E-state index contributed by atoms with van der Waals surface area (Å²) in [5, 5.41) is 13.9. The van der Waals surface area contributed by atoms with Crippen LogP contribution < -0.4 is 0 Å². The first kappa shape index (κ1) is 19.8. The fraction of sp³-hybridized carbons (Fsp3) is 0.850. The molecule has 6 unspecified atom stereocenters. The second kappa shape index (κ2) is 6.24. The van der Waals surface area contributed by atoms with E-state index < -0.39 is 23.8 Å². The van der Waals surface area contributed by atoms with E-state index in [1.165, 1.54) is 13.2 Å². The summed E-state index contributed by atoms with van der Waals surface area (Å²) >= 11 is 0. The van der Waals surface area contributed by atoms with Crippen molar-refractivity contribution in [3.8, 4) is 0 Å². The molecular weight excluding hydrogens is 364 g/mol. The van der Waals surface area contributed by atoms with Crippen molar-refractivity contribution in [1.29, 1.82) is 0 Å². The van der Waals surface area contributed by atoms with Crippen LogP contribution in [0.1, 0.15) is 53.4 Å². The van der Waals surface area contributed by atoms with Crippen molar-refractivity contribution in [2.75, 3.05) is 7.11 Å². The first-order chi connectivity index (χ1) is 13.1. The molecule has 0 aromatic rings. The van der Waals surface area contributed by atoms with Gasteiger partial charge in [-0.05, 0) is 37.0 Å². The predicted octanol–water partition coefficient (Wildman–Crippen LogP) is 2.70. The Morgan fingerprint density at radius 1 is 1.36 bits per heavy atom. The topological polar surface area (TPSA) is 91.1 Å². The van der Waals surface area contributed by atoms with Crippen LogP contribution in [0.3, 0.4) is 0 Å². The van der Waals surface area contributed by atoms with Crippen molar-refractivity contribution in [3.63, 3.8) is 0 Å². The van der Waals surface area contributed by atoms with Gasteiger partial charge in [-0.2, -0.15) is 0 Å². The zero-order valence-corrected chi connectivity index (χ0v) is 17.2. The molecule has 0 aromatic heterocycles. The third-order valence-electron chi connectivity index (χ3n) is 8.37. The van der Waals surface area contributed by atoms with Crippen molar-refractivity contribution >= 4 is 5.97 Å². The third-order valence-corrected chi connectivity index (χ3v) is 8.37. The Bertz CT molecular complexity index is 723. The molecule has 4 aliphatic rings. The lowest BCUT2D eigenvalue weighted by atomic mass is 9.70. The number of hydrogen-bond acceptors (Lipinski definition) is 7. The Kier molecular flexibility index (Phi) is 4.41. The highest BCUT2D eigenvalue weighted by Crippen LogP contribution is 2.70. The molecule has 2 aliphatic carbocycles. The number of rotatable bonds is 5. The number of hydroxylamine groups is 2. The molecule has 2 saturated heterocycles. The lowest BCUT2D eigenvalue weighted by Crippen LogP contribution is -2.53.